The van der Waals surface area contributed by atoms with Crippen molar-refractivity contribution in [2.24, 2.45) is 5.92 Å². The number of carboxylic acid groups (broad SMARTS) is 1. The van der Waals surface area contributed by atoms with Gasteiger partial charge in [-0.2, -0.15) is 0 Å². The zero-order chi connectivity index (χ0) is 30.0. The largest absolute Gasteiger partial charge is 0.495 e. The summed E-state index contributed by atoms with van der Waals surface area (Å²) in [5.74, 6) is -0.265. The number of imidazole rings is 1. The van der Waals surface area contributed by atoms with E-state index in [1.165, 1.54) is 24.3 Å². The molecule has 0 unspecified atom stereocenters. The summed E-state index contributed by atoms with van der Waals surface area (Å²) in [7, 11) is 1.63. The van der Waals surface area contributed by atoms with E-state index in [9.17, 15) is 14.4 Å². The number of hydrogen-bond acceptors (Lipinski definition) is 5. The summed E-state index contributed by atoms with van der Waals surface area (Å²) in [6, 6.07) is 18.8. The number of nitrogens with zero attached hydrogens (tertiary/aromatic N) is 3. The number of likely N-dealkylation sites (tertiary alicyclic amines) is 1. The molecule has 8 nitrogen and oxygen atoms in total. The second-order valence-corrected chi connectivity index (χ2v) is 10.8. The molecule has 0 spiro atoms. The molecule has 4 aromatic rings. The molecule has 1 amide bonds. The Hall–Kier alpha value is -4.98. The standard InChI is InChI=1S/C34H33N3O5/c1-21-15-29(16-24-5-14-30(31(17-24)42-4)36-19-22(2)35-20-36)33(39)37(18-21)23(3)25-6-8-26(9-7-25)32(38)27-10-12-28(13-11-27)34(40)41/h5-14,16-17,19-21,23H,15,18H2,1-4H3,(H,40,41)/b29-16+/t21-,23-/m0/s1. The van der Waals surface area contributed by atoms with Crippen LogP contribution in [0.4, 0.5) is 0 Å². The van der Waals surface area contributed by atoms with E-state index in [1.807, 2.05) is 65.9 Å². The number of carbonyl (C=O) groups excluding carboxylic acids is 2. The first kappa shape index (κ1) is 28.5. The Bertz CT molecular complexity index is 1670. The third kappa shape index (κ3) is 5.88. The molecule has 5 rings (SSSR count). The van der Waals surface area contributed by atoms with Gasteiger partial charge in [0.05, 0.1) is 36.4 Å². The first-order valence-corrected chi connectivity index (χ1v) is 13.8. The van der Waals surface area contributed by atoms with Crippen LogP contribution in [0, 0.1) is 12.8 Å². The summed E-state index contributed by atoms with van der Waals surface area (Å²) in [5, 5.41) is 9.09. The van der Waals surface area contributed by atoms with Gasteiger partial charge in [0, 0.05) is 29.4 Å². The molecule has 0 bridgehead atoms. The Kier molecular flexibility index (Phi) is 8.06. The molecule has 0 saturated carbocycles. The monoisotopic (exact) mass is 563 g/mol. The highest BCUT2D eigenvalue weighted by Gasteiger charge is 2.31. The third-order valence-corrected chi connectivity index (χ3v) is 7.66. The van der Waals surface area contributed by atoms with Gasteiger partial charge in [-0.25, -0.2) is 9.78 Å². The number of ketones is 1. The molecule has 1 fully saturated rings. The lowest BCUT2D eigenvalue weighted by molar-refractivity contribution is -0.131. The number of carboxylic acids is 1. The van der Waals surface area contributed by atoms with E-state index in [4.69, 9.17) is 9.84 Å². The van der Waals surface area contributed by atoms with Crippen LogP contribution in [0.15, 0.2) is 84.8 Å². The topological polar surface area (TPSA) is 102 Å². The maximum absolute atomic E-state index is 13.7. The zero-order valence-electron chi connectivity index (χ0n) is 24.1. The van der Waals surface area contributed by atoms with Gasteiger partial charge in [0.15, 0.2) is 5.78 Å². The number of aryl methyl sites for hydroxylation is 1. The molecular formula is C34H33N3O5. The molecule has 1 N–H and O–H groups in total. The lowest BCUT2D eigenvalue weighted by Gasteiger charge is -2.37. The van der Waals surface area contributed by atoms with Crippen molar-refractivity contribution in [3.05, 3.63) is 118 Å². The van der Waals surface area contributed by atoms with Crippen molar-refractivity contribution >= 4 is 23.7 Å². The van der Waals surface area contributed by atoms with Gasteiger partial charge in [0.25, 0.3) is 0 Å². The summed E-state index contributed by atoms with van der Waals surface area (Å²) < 4.78 is 7.57. The van der Waals surface area contributed by atoms with Crippen molar-refractivity contribution in [2.75, 3.05) is 13.7 Å². The van der Waals surface area contributed by atoms with Crippen LogP contribution >= 0.6 is 0 Å². The van der Waals surface area contributed by atoms with Gasteiger partial charge < -0.3 is 19.3 Å². The van der Waals surface area contributed by atoms with Gasteiger partial charge in [0.2, 0.25) is 5.91 Å². The molecule has 0 aliphatic carbocycles. The van der Waals surface area contributed by atoms with E-state index in [-0.39, 0.29) is 29.2 Å². The fraction of sp³-hybridized carbons (Fsp3) is 0.235. The minimum Gasteiger partial charge on any atom is -0.495 e. The average Bonchev–Trinajstić information content (AvgIpc) is 3.44. The summed E-state index contributed by atoms with van der Waals surface area (Å²) in [6.45, 7) is 6.71. The van der Waals surface area contributed by atoms with Gasteiger partial charge in [-0.15, -0.1) is 0 Å². The van der Waals surface area contributed by atoms with E-state index in [2.05, 4.69) is 11.9 Å². The second-order valence-electron chi connectivity index (χ2n) is 10.8. The Morgan fingerprint density at radius 2 is 1.67 bits per heavy atom. The van der Waals surface area contributed by atoms with Crippen molar-refractivity contribution in [2.45, 2.75) is 33.2 Å². The quantitative estimate of drug-likeness (QED) is 0.204. The first-order valence-electron chi connectivity index (χ1n) is 13.8. The number of rotatable bonds is 8. The molecule has 1 aromatic heterocycles. The van der Waals surface area contributed by atoms with Crippen LogP contribution in [0.3, 0.4) is 0 Å². The van der Waals surface area contributed by atoms with Gasteiger partial charge in [-0.3, -0.25) is 9.59 Å². The normalized spacial score (nSPS) is 16.9. The van der Waals surface area contributed by atoms with Crippen LogP contribution < -0.4 is 4.74 Å². The predicted octanol–water partition coefficient (Wildman–Crippen LogP) is 6.13. The highest BCUT2D eigenvalue weighted by atomic mass is 16.5. The molecule has 3 aromatic carbocycles. The molecule has 0 radical (unpaired) electrons. The molecule has 42 heavy (non-hydrogen) atoms. The summed E-state index contributed by atoms with van der Waals surface area (Å²) >= 11 is 0. The molecule has 214 valence electrons. The number of piperidine rings is 1. The van der Waals surface area contributed by atoms with Crippen LogP contribution in [0.25, 0.3) is 11.8 Å². The Balaban J connectivity index is 1.34. The molecule has 1 saturated heterocycles. The van der Waals surface area contributed by atoms with Gasteiger partial charge in [0.1, 0.15) is 5.75 Å². The smallest absolute Gasteiger partial charge is 0.335 e. The average molecular weight is 564 g/mol. The van der Waals surface area contributed by atoms with Crippen LogP contribution in [0.1, 0.15) is 69.4 Å². The maximum Gasteiger partial charge on any atom is 0.335 e. The zero-order valence-corrected chi connectivity index (χ0v) is 24.1. The molecule has 2 atom stereocenters. The molecule has 1 aliphatic heterocycles. The number of hydrogen-bond donors (Lipinski definition) is 1. The fourth-order valence-corrected chi connectivity index (χ4v) is 5.36. The van der Waals surface area contributed by atoms with Gasteiger partial charge in [-0.1, -0.05) is 49.4 Å². The lowest BCUT2D eigenvalue weighted by Crippen LogP contribution is -2.42. The molecule has 8 heteroatoms. The van der Waals surface area contributed by atoms with Gasteiger partial charge in [-0.05, 0) is 67.7 Å². The maximum atomic E-state index is 13.7. The van der Waals surface area contributed by atoms with Crippen LogP contribution in [-0.4, -0.2) is 50.9 Å². The van der Waals surface area contributed by atoms with Crippen molar-refractivity contribution < 1.29 is 24.2 Å². The Morgan fingerprint density at radius 1 is 1.02 bits per heavy atom. The first-order chi connectivity index (χ1) is 20.1. The fourth-order valence-electron chi connectivity index (χ4n) is 5.36. The number of methoxy groups -OCH3 is 1. The van der Waals surface area contributed by atoms with E-state index in [0.29, 0.717) is 29.8 Å². The van der Waals surface area contributed by atoms with Crippen molar-refractivity contribution in [1.82, 2.24) is 14.5 Å². The highest BCUT2D eigenvalue weighted by Crippen LogP contribution is 2.33. The van der Waals surface area contributed by atoms with Crippen molar-refractivity contribution in [3.8, 4) is 11.4 Å². The third-order valence-electron chi connectivity index (χ3n) is 7.66. The number of benzene rings is 3. The minimum absolute atomic E-state index is 0.00690. The summed E-state index contributed by atoms with van der Waals surface area (Å²) in [5.41, 5.74) is 5.38. The van der Waals surface area contributed by atoms with Crippen LogP contribution in [0.2, 0.25) is 0 Å². The number of amides is 1. The van der Waals surface area contributed by atoms with E-state index in [0.717, 1.165) is 28.1 Å². The molecule has 1 aliphatic rings. The van der Waals surface area contributed by atoms with E-state index < -0.39 is 5.97 Å². The van der Waals surface area contributed by atoms with Crippen LogP contribution in [0.5, 0.6) is 5.75 Å². The number of aromatic nitrogens is 2. The second kappa shape index (κ2) is 11.9. The van der Waals surface area contributed by atoms with Gasteiger partial charge >= 0.3 is 5.97 Å². The van der Waals surface area contributed by atoms with Crippen molar-refractivity contribution in [1.29, 1.82) is 0 Å². The molecular weight excluding hydrogens is 530 g/mol. The van der Waals surface area contributed by atoms with Crippen LogP contribution in [-0.2, 0) is 4.79 Å². The lowest BCUT2D eigenvalue weighted by atomic mass is 9.90. The summed E-state index contributed by atoms with van der Waals surface area (Å²) in [4.78, 5) is 43.9. The number of carbonyl (C=O) groups is 3. The minimum atomic E-state index is -1.04. The number of ether oxygens (including phenoxy) is 1. The Morgan fingerprint density at radius 3 is 2.26 bits per heavy atom. The predicted molar refractivity (Wildman–Crippen MR) is 160 cm³/mol. The SMILES string of the molecule is COc1cc(/C=C2\C[C@H](C)CN([C@@H](C)c3ccc(C(=O)c4ccc(C(=O)O)cc4)cc3)C2=O)ccc1-n1cnc(C)c1. The van der Waals surface area contributed by atoms with E-state index in [1.54, 1.807) is 25.6 Å². The molecule has 2 heterocycles. The van der Waals surface area contributed by atoms with Crippen molar-refractivity contribution in [3.63, 3.8) is 0 Å². The summed E-state index contributed by atoms with van der Waals surface area (Å²) in [6.07, 6.45) is 6.31. The van der Waals surface area contributed by atoms with E-state index >= 15 is 0 Å². The highest BCUT2D eigenvalue weighted by molar-refractivity contribution is 6.09. The Labute approximate surface area is 244 Å². The number of aromatic carboxylic acids is 1.